The molecule has 2 aliphatic heterocycles. The van der Waals surface area contributed by atoms with E-state index in [0.717, 1.165) is 54.3 Å². The van der Waals surface area contributed by atoms with Crippen LogP contribution in [-0.4, -0.2) is 72.7 Å². The SMILES string of the molecule is COc1ccc2c3c1OC1C(N(C)C(=O)/C=C/c4cccc(C)c4)CC[C@@]4(OC(C)=O)[C@@H](C2)N(CC2CC2)CC[C@]314. The van der Waals surface area contributed by atoms with Crippen LogP contribution in [0.4, 0.5) is 0 Å². The van der Waals surface area contributed by atoms with Gasteiger partial charge in [0.1, 0.15) is 11.7 Å². The van der Waals surface area contributed by atoms with E-state index in [9.17, 15) is 9.59 Å². The van der Waals surface area contributed by atoms with Crippen molar-refractivity contribution in [2.75, 3.05) is 27.2 Å². The molecule has 7 heteroatoms. The molecule has 5 atom stereocenters. The molecule has 216 valence electrons. The van der Waals surface area contributed by atoms with Gasteiger partial charge in [0, 0.05) is 32.2 Å². The number of carbonyl (C=O) groups excluding carboxylic acids is 2. The van der Waals surface area contributed by atoms with Gasteiger partial charge in [-0.1, -0.05) is 35.9 Å². The van der Waals surface area contributed by atoms with Crippen LogP contribution in [0.25, 0.3) is 6.08 Å². The van der Waals surface area contributed by atoms with E-state index in [1.807, 2.05) is 49.2 Å². The predicted molar refractivity (Wildman–Crippen MR) is 156 cm³/mol. The fourth-order valence-electron chi connectivity index (χ4n) is 8.66. The van der Waals surface area contributed by atoms with E-state index in [-0.39, 0.29) is 30.1 Å². The van der Waals surface area contributed by atoms with Crippen molar-refractivity contribution < 1.29 is 23.8 Å². The Morgan fingerprint density at radius 1 is 1.17 bits per heavy atom. The third-order valence-electron chi connectivity index (χ3n) is 10.5. The summed E-state index contributed by atoms with van der Waals surface area (Å²) in [6.45, 7) is 5.57. The highest BCUT2D eigenvalue weighted by Crippen LogP contribution is 2.67. The summed E-state index contributed by atoms with van der Waals surface area (Å²) in [6, 6.07) is 12.2. The zero-order valence-electron chi connectivity index (χ0n) is 24.5. The number of nitrogens with zero attached hydrogens (tertiary/aromatic N) is 2. The Balaban J connectivity index is 1.31. The Bertz CT molecular complexity index is 1430. The number of amides is 1. The Morgan fingerprint density at radius 3 is 2.73 bits per heavy atom. The van der Waals surface area contributed by atoms with Crippen LogP contribution >= 0.6 is 0 Å². The van der Waals surface area contributed by atoms with Crippen molar-refractivity contribution in [2.45, 2.75) is 81.6 Å². The van der Waals surface area contributed by atoms with Crippen LogP contribution in [0.5, 0.6) is 11.5 Å². The molecule has 41 heavy (non-hydrogen) atoms. The molecule has 1 spiro atoms. The number of likely N-dealkylation sites (tertiary alicyclic amines) is 1. The summed E-state index contributed by atoms with van der Waals surface area (Å²) >= 11 is 0. The van der Waals surface area contributed by atoms with E-state index in [2.05, 4.69) is 17.0 Å². The normalized spacial score (nSPS) is 31.4. The van der Waals surface area contributed by atoms with Gasteiger partial charge in [-0.15, -0.1) is 0 Å². The van der Waals surface area contributed by atoms with Gasteiger partial charge < -0.3 is 19.1 Å². The second-order valence-corrected chi connectivity index (χ2v) is 12.8. The molecule has 1 saturated heterocycles. The third kappa shape index (κ3) is 3.95. The molecule has 5 aliphatic rings. The predicted octanol–water partition coefficient (Wildman–Crippen LogP) is 4.68. The van der Waals surface area contributed by atoms with Crippen molar-refractivity contribution in [3.05, 3.63) is 64.7 Å². The largest absolute Gasteiger partial charge is 0.493 e. The number of rotatable bonds is 7. The summed E-state index contributed by atoms with van der Waals surface area (Å²) in [6.07, 6.45) is 8.80. The summed E-state index contributed by atoms with van der Waals surface area (Å²) in [5.41, 5.74) is 3.30. The zero-order valence-corrected chi connectivity index (χ0v) is 24.5. The van der Waals surface area contributed by atoms with E-state index >= 15 is 0 Å². The molecule has 0 N–H and O–H groups in total. The molecule has 2 saturated carbocycles. The lowest BCUT2D eigenvalue weighted by atomic mass is 9.48. The second-order valence-electron chi connectivity index (χ2n) is 12.8. The van der Waals surface area contributed by atoms with E-state index in [1.165, 1.54) is 25.3 Å². The Labute approximate surface area is 242 Å². The smallest absolute Gasteiger partial charge is 0.303 e. The molecule has 2 aromatic rings. The van der Waals surface area contributed by atoms with E-state index in [4.69, 9.17) is 14.2 Å². The van der Waals surface area contributed by atoms with E-state index in [1.54, 1.807) is 13.2 Å². The van der Waals surface area contributed by atoms with Gasteiger partial charge in [0.25, 0.3) is 0 Å². The molecule has 0 radical (unpaired) electrons. The molecule has 2 aromatic carbocycles. The van der Waals surface area contributed by atoms with E-state index < -0.39 is 11.0 Å². The van der Waals surface area contributed by atoms with Gasteiger partial charge in [-0.25, -0.2) is 0 Å². The fraction of sp³-hybridized carbons (Fsp3) is 0.529. The van der Waals surface area contributed by atoms with Gasteiger partial charge in [-0.3, -0.25) is 14.5 Å². The summed E-state index contributed by atoms with van der Waals surface area (Å²) < 4.78 is 19.4. The minimum Gasteiger partial charge on any atom is -0.493 e. The highest BCUT2D eigenvalue weighted by atomic mass is 16.6. The number of hydrogen-bond acceptors (Lipinski definition) is 6. The lowest BCUT2D eigenvalue weighted by Crippen LogP contribution is -2.79. The van der Waals surface area contributed by atoms with Crippen molar-refractivity contribution in [1.82, 2.24) is 9.80 Å². The van der Waals surface area contributed by atoms with Crippen molar-refractivity contribution in [3.8, 4) is 11.5 Å². The monoisotopic (exact) mass is 556 g/mol. The fourth-order valence-corrected chi connectivity index (χ4v) is 8.66. The number of carbonyl (C=O) groups is 2. The average Bonchev–Trinajstić information content (AvgIpc) is 3.70. The summed E-state index contributed by atoms with van der Waals surface area (Å²) in [5.74, 6) is 1.91. The highest BCUT2D eigenvalue weighted by Gasteiger charge is 2.75. The molecule has 0 aromatic heterocycles. The molecule has 3 aliphatic carbocycles. The number of methoxy groups -OCH3 is 1. The number of esters is 1. The topological polar surface area (TPSA) is 68.3 Å². The minimum atomic E-state index is -0.709. The Kier molecular flexibility index (Phi) is 6.23. The van der Waals surface area contributed by atoms with Gasteiger partial charge in [-0.05, 0) is 81.2 Å². The van der Waals surface area contributed by atoms with Crippen molar-refractivity contribution in [3.63, 3.8) is 0 Å². The summed E-state index contributed by atoms with van der Waals surface area (Å²) in [4.78, 5) is 31.0. The number of ether oxygens (including phenoxy) is 3. The third-order valence-corrected chi connectivity index (χ3v) is 10.5. The van der Waals surface area contributed by atoms with Crippen LogP contribution in [0.15, 0.2) is 42.5 Å². The molecule has 2 unspecified atom stereocenters. The van der Waals surface area contributed by atoms with Crippen molar-refractivity contribution >= 4 is 18.0 Å². The molecule has 3 fully saturated rings. The maximum atomic E-state index is 13.6. The van der Waals surface area contributed by atoms with Crippen LogP contribution in [0, 0.1) is 12.8 Å². The number of aryl methyl sites for hydroxylation is 1. The maximum Gasteiger partial charge on any atom is 0.303 e. The quantitative estimate of drug-likeness (QED) is 0.365. The number of hydrogen-bond donors (Lipinski definition) is 0. The average molecular weight is 557 g/mol. The number of likely N-dealkylation sites (N-methyl/N-ethyl adjacent to an activating group) is 1. The van der Waals surface area contributed by atoms with E-state index in [0.29, 0.717) is 18.6 Å². The van der Waals surface area contributed by atoms with Crippen molar-refractivity contribution in [2.24, 2.45) is 5.92 Å². The second kappa shape index (κ2) is 9.62. The molecular formula is C34H40N2O5. The number of piperidine rings is 1. The number of benzene rings is 2. The lowest BCUT2D eigenvalue weighted by molar-refractivity contribution is -0.223. The van der Waals surface area contributed by atoms with Crippen LogP contribution in [-0.2, 0) is 26.2 Å². The van der Waals surface area contributed by atoms with Gasteiger partial charge in [-0.2, -0.15) is 0 Å². The Hall–Kier alpha value is -3.32. The maximum absolute atomic E-state index is 13.6. The lowest BCUT2D eigenvalue weighted by Gasteiger charge is -2.65. The molecule has 2 heterocycles. The highest BCUT2D eigenvalue weighted by molar-refractivity contribution is 5.92. The van der Waals surface area contributed by atoms with Gasteiger partial charge in [0.15, 0.2) is 11.5 Å². The summed E-state index contributed by atoms with van der Waals surface area (Å²) in [7, 11) is 3.56. The zero-order chi connectivity index (χ0) is 28.5. The first kappa shape index (κ1) is 26.6. The van der Waals surface area contributed by atoms with Gasteiger partial charge in [0.05, 0.1) is 24.6 Å². The van der Waals surface area contributed by atoms with Crippen molar-refractivity contribution in [1.29, 1.82) is 0 Å². The standard InChI is InChI=1S/C34H40N2O5/c1-21-6-5-7-23(18-21)10-13-29(38)35(3)26-14-15-34(41-22(2)37)28-19-25-11-12-27(39-4)31-30(25)33(34,32(26)40-31)16-17-36(28)20-24-8-9-24/h5-7,10-13,18,24,26,28,32H,8-9,14-17,19-20H2,1-4H3/b13-10+/t26?,28-,32?,33+,34-/m1/s1. The van der Waals surface area contributed by atoms with Crippen LogP contribution in [0.2, 0.25) is 0 Å². The molecule has 7 nitrogen and oxygen atoms in total. The van der Waals surface area contributed by atoms with Crippen LogP contribution < -0.4 is 9.47 Å². The van der Waals surface area contributed by atoms with Gasteiger partial charge in [0.2, 0.25) is 5.91 Å². The first-order valence-corrected chi connectivity index (χ1v) is 15.1. The first-order valence-electron chi connectivity index (χ1n) is 15.1. The van der Waals surface area contributed by atoms with Crippen LogP contribution in [0.1, 0.15) is 61.3 Å². The molecule has 2 bridgehead atoms. The molecule has 1 amide bonds. The Morgan fingerprint density at radius 2 is 2.00 bits per heavy atom. The first-order chi connectivity index (χ1) is 19.8. The van der Waals surface area contributed by atoms with Crippen LogP contribution in [0.3, 0.4) is 0 Å². The molecular weight excluding hydrogens is 516 g/mol. The molecule has 7 rings (SSSR count). The van der Waals surface area contributed by atoms with Gasteiger partial charge >= 0.3 is 5.97 Å². The minimum absolute atomic E-state index is 0.0573. The summed E-state index contributed by atoms with van der Waals surface area (Å²) in [5, 5.41) is 0.